The third-order valence-corrected chi connectivity index (χ3v) is 3.26. The SMILES string of the molecule is CCCc1nc(S(=O)(=O)Cl)cn1CCCF. The normalized spacial score (nSPS) is 11.9. The van der Waals surface area contributed by atoms with E-state index in [1.54, 1.807) is 4.57 Å². The van der Waals surface area contributed by atoms with Gasteiger partial charge in [-0.2, -0.15) is 0 Å². The molecule has 0 aliphatic carbocycles. The van der Waals surface area contributed by atoms with E-state index >= 15 is 0 Å². The standard InChI is InChI=1S/C9H14ClFN2O2S/c1-2-4-8-12-9(16(10,14)15)7-13(8)6-3-5-11/h7H,2-6H2,1H3. The van der Waals surface area contributed by atoms with Gasteiger partial charge in [0.25, 0.3) is 9.05 Å². The number of halogens is 2. The van der Waals surface area contributed by atoms with Crippen LogP contribution in [0, 0.1) is 0 Å². The summed E-state index contributed by atoms with van der Waals surface area (Å²) in [6, 6.07) is 0. The molecular formula is C9H14ClFN2O2S. The lowest BCUT2D eigenvalue weighted by atomic mass is 10.3. The van der Waals surface area contributed by atoms with Crippen LogP contribution in [-0.4, -0.2) is 24.6 Å². The first kappa shape index (κ1) is 13.4. The van der Waals surface area contributed by atoms with Crippen molar-refractivity contribution < 1.29 is 12.8 Å². The minimum absolute atomic E-state index is 0.156. The Kier molecular flexibility index (Phi) is 4.73. The molecule has 1 rings (SSSR count). The molecule has 0 fully saturated rings. The van der Waals surface area contributed by atoms with Gasteiger partial charge in [0.2, 0.25) is 0 Å². The van der Waals surface area contributed by atoms with Gasteiger partial charge in [-0.05, 0) is 12.8 Å². The largest absolute Gasteiger partial charge is 0.333 e. The molecule has 0 radical (unpaired) electrons. The van der Waals surface area contributed by atoms with Crippen LogP contribution in [0.1, 0.15) is 25.6 Å². The maximum Gasteiger partial charge on any atom is 0.280 e. The van der Waals surface area contributed by atoms with Crippen molar-refractivity contribution in [2.75, 3.05) is 6.67 Å². The lowest BCUT2D eigenvalue weighted by Gasteiger charge is -2.04. The van der Waals surface area contributed by atoms with Crippen molar-refractivity contribution in [2.45, 2.75) is 37.8 Å². The summed E-state index contributed by atoms with van der Waals surface area (Å²) in [7, 11) is 1.40. The number of hydrogen-bond donors (Lipinski definition) is 0. The van der Waals surface area contributed by atoms with E-state index in [9.17, 15) is 12.8 Å². The molecule has 0 N–H and O–H groups in total. The van der Waals surface area contributed by atoms with E-state index in [2.05, 4.69) is 4.98 Å². The number of aryl methyl sites for hydroxylation is 2. The van der Waals surface area contributed by atoms with Crippen molar-refractivity contribution in [3.8, 4) is 0 Å². The molecule has 4 nitrogen and oxygen atoms in total. The molecule has 1 aromatic rings. The smallest absolute Gasteiger partial charge is 0.280 e. The quantitative estimate of drug-likeness (QED) is 0.743. The number of rotatable bonds is 6. The third-order valence-electron chi connectivity index (χ3n) is 2.09. The monoisotopic (exact) mass is 268 g/mol. The van der Waals surface area contributed by atoms with E-state index in [4.69, 9.17) is 10.7 Å². The van der Waals surface area contributed by atoms with E-state index in [-0.39, 0.29) is 5.03 Å². The Bertz CT molecular complexity index is 444. The van der Waals surface area contributed by atoms with Gasteiger partial charge in [-0.25, -0.2) is 13.4 Å². The maximum absolute atomic E-state index is 12.1. The van der Waals surface area contributed by atoms with Gasteiger partial charge in [0.05, 0.1) is 6.67 Å². The zero-order chi connectivity index (χ0) is 12.2. The third kappa shape index (κ3) is 3.45. The van der Waals surface area contributed by atoms with Crippen molar-refractivity contribution in [3.63, 3.8) is 0 Å². The van der Waals surface area contributed by atoms with Gasteiger partial charge in [-0.1, -0.05) is 6.92 Å². The molecule has 0 saturated heterocycles. The minimum Gasteiger partial charge on any atom is -0.333 e. The highest BCUT2D eigenvalue weighted by Crippen LogP contribution is 2.15. The van der Waals surface area contributed by atoms with Crippen LogP contribution in [-0.2, 0) is 22.0 Å². The molecule has 0 unspecified atom stereocenters. The molecule has 0 aromatic carbocycles. The van der Waals surface area contributed by atoms with Gasteiger partial charge >= 0.3 is 0 Å². The summed E-state index contributed by atoms with van der Waals surface area (Å²) < 4.78 is 35.9. The fraction of sp³-hybridized carbons (Fsp3) is 0.667. The van der Waals surface area contributed by atoms with Gasteiger partial charge in [0.1, 0.15) is 5.82 Å². The lowest BCUT2D eigenvalue weighted by Crippen LogP contribution is -2.03. The molecule has 1 aromatic heterocycles. The van der Waals surface area contributed by atoms with Crippen molar-refractivity contribution in [1.82, 2.24) is 9.55 Å². The second kappa shape index (κ2) is 5.63. The van der Waals surface area contributed by atoms with Crippen LogP contribution in [0.5, 0.6) is 0 Å². The van der Waals surface area contributed by atoms with Crippen LogP contribution < -0.4 is 0 Å². The fourth-order valence-corrected chi connectivity index (χ4v) is 2.08. The van der Waals surface area contributed by atoms with Crippen LogP contribution in [0.2, 0.25) is 0 Å². The zero-order valence-corrected chi connectivity index (χ0v) is 10.6. The number of nitrogens with zero attached hydrogens (tertiary/aromatic N) is 2. The highest BCUT2D eigenvalue weighted by molar-refractivity contribution is 8.13. The number of imidazole rings is 1. The summed E-state index contributed by atoms with van der Waals surface area (Å²) in [6.07, 6.45) is 3.20. The van der Waals surface area contributed by atoms with Crippen LogP contribution in [0.25, 0.3) is 0 Å². The van der Waals surface area contributed by atoms with E-state index in [0.717, 1.165) is 6.42 Å². The summed E-state index contributed by atoms with van der Waals surface area (Å²) in [5.74, 6) is 0.634. The lowest BCUT2D eigenvalue weighted by molar-refractivity contribution is 0.442. The van der Waals surface area contributed by atoms with Crippen LogP contribution in [0.15, 0.2) is 11.2 Å². The summed E-state index contributed by atoms with van der Waals surface area (Å²) in [4.78, 5) is 3.94. The molecule has 0 aliphatic rings. The first-order valence-electron chi connectivity index (χ1n) is 5.05. The van der Waals surface area contributed by atoms with Crippen molar-refractivity contribution >= 4 is 19.7 Å². The van der Waals surface area contributed by atoms with Crippen molar-refractivity contribution in [3.05, 3.63) is 12.0 Å². The Balaban J connectivity index is 3.00. The van der Waals surface area contributed by atoms with Gasteiger partial charge in [-0.3, -0.25) is 4.39 Å². The molecule has 7 heteroatoms. The Labute approximate surface area is 98.9 Å². The van der Waals surface area contributed by atoms with Gasteiger partial charge in [-0.15, -0.1) is 0 Å². The Morgan fingerprint density at radius 2 is 2.25 bits per heavy atom. The highest BCUT2D eigenvalue weighted by Gasteiger charge is 2.17. The molecule has 0 spiro atoms. The van der Waals surface area contributed by atoms with E-state index in [1.165, 1.54) is 6.20 Å². The average molecular weight is 269 g/mol. The second-order valence-corrected chi connectivity index (χ2v) is 5.93. The summed E-state index contributed by atoms with van der Waals surface area (Å²) >= 11 is 0. The first-order chi connectivity index (χ1) is 7.49. The Hall–Kier alpha value is -0.620. The summed E-state index contributed by atoms with van der Waals surface area (Å²) in [6.45, 7) is 1.95. The number of alkyl halides is 1. The van der Waals surface area contributed by atoms with Gasteiger partial charge in [0, 0.05) is 29.8 Å². The molecule has 0 aliphatic heterocycles. The minimum atomic E-state index is -3.80. The average Bonchev–Trinajstić information content (AvgIpc) is 2.58. The fourth-order valence-electron chi connectivity index (χ4n) is 1.39. The topological polar surface area (TPSA) is 52.0 Å². The number of hydrogen-bond acceptors (Lipinski definition) is 3. The zero-order valence-electron chi connectivity index (χ0n) is 8.99. The molecular weight excluding hydrogens is 255 g/mol. The molecule has 0 amide bonds. The second-order valence-electron chi connectivity index (χ2n) is 3.42. The molecule has 1 heterocycles. The van der Waals surface area contributed by atoms with E-state index in [0.29, 0.717) is 25.2 Å². The van der Waals surface area contributed by atoms with Gasteiger partial charge < -0.3 is 4.57 Å². The first-order valence-corrected chi connectivity index (χ1v) is 7.36. The molecule has 0 atom stereocenters. The van der Waals surface area contributed by atoms with E-state index < -0.39 is 15.7 Å². The van der Waals surface area contributed by atoms with Crippen LogP contribution >= 0.6 is 10.7 Å². The van der Waals surface area contributed by atoms with Crippen LogP contribution in [0.4, 0.5) is 4.39 Å². The summed E-state index contributed by atoms with van der Waals surface area (Å²) in [5, 5.41) is -0.156. The van der Waals surface area contributed by atoms with Crippen molar-refractivity contribution in [1.29, 1.82) is 0 Å². The Morgan fingerprint density at radius 3 is 2.75 bits per heavy atom. The predicted octanol–water partition coefficient (Wildman–Crippen LogP) is 2.12. The van der Waals surface area contributed by atoms with E-state index in [1.807, 2.05) is 6.92 Å². The van der Waals surface area contributed by atoms with Crippen LogP contribution in [0.3, 0.4) is 0 Å². The van der Waals surface area contributed by atoms with Crippen molar-refractivity contribution in [2.24, 2.45) is 0 Å². The molecule has 16 heavy (non-hydrogen) atoms. The number of aromatic nitrogens is 2. The maximum atomic E-state index is 12.1. The van der Waals surface area contributed by atoms with Gasteiger partial charge in [0.15, 0.2) is 5.03 Å². The molecule has 92 valence electrons. The highest BCUT2D eigenvalue weighted by atomic mass is 35.7. The molecule has 0 bridgehead atoms. The molecule has 0 saturated carbocycles. The predicted molar refractivity (Wildman–Crippen MR) is 59.9 cm³/mol. The summed E-state index contributed by atoms with van der Waals surface area (Å²) in [5.41, 5.74) is 0. The Morgan fingerprint density at radius 1 is 1.56 bits per heavy atom.